The molecule has 5 amide bonds. The first-order valence-electron chi connectivity index (χ1n) is 33.3. The largest absolute Gasteiger partial charge is 0.481 e. The molecule has 2 aliphatic heterocycles. The van der Waals surface area contributed by atoms with Crippen LogP contribution < -0.4 is 21.3 Å². The van der Waals surface area contributed by atoms with E-state index in [0.29, 0.717) is 35.7 Å². The number of aromatic amines is 1. The monoisotopic (exact) mass is 1370 g/mol. The molecule has 98 heavy (non-hydrogen) atoms. The number of H-pyrrole nitrogens is 1. The highest BCUT2D eigenvalue weighted by Gasteiger charge is 2.35. The minimum Gasteiger partial charge on any atom is -0.481 e. The van der Waals surface area contributed by atoms with Crippen LogP contribution in [-0.2, 0) is 91.3 Å². The average molecular weight is 1370 g/mol. The van der Waals surface area contributed by atoms with E-state index in [-0.39, 0.29) is 130 Å². The van der Waals surface area contributed by atoms with Crippen LogP contribution in [-0.4, -0.2) is 249 Å². The van der Waals surface area contributed by atoms with E-state index in [1.54, 1.807) is 123 Å². The van der Waals surface area contributed by atoms with Crippen molar-refractivity contribution in [2.75, 3.05) is 104 Å². The van der Waals surface area contributed by atoms with Gasteiger partial charge in [-0.15, -0.1) is 0 Å². The van der Waals surface area contributed by atoms with Crippen molar-refractivity contribution in [3.8, 4) is 0 Å². The van der Waals surface area contributed by atoms with E-state index in [1.807, 2.05) is 45.0 Å². The Kier molecular flexibility index (Phi) is 30.6. The number of imidazole rings is 1. The Hall–Kier alpha value is -8.54. The molecule has 1 fully saturated rings. The van der Waals surface area contributed by atoms with Crippen molar-refractivity contribution in [2.45, 2.75) is 182 Å². The summed E-state index contributed by atoms with van der Waals surface area (Å²) in [6.45, 7) is 22.4. The topological polar surface area (TPSA) is 350 Å². The van der Waals surface area contributed by atoms with Crippen LogP contribution in [0.15, 0.2) is 60.9 Å². The van der Waals surface area contributed by atoms with Crippen LogP contribution in [0.4, 0.5) is 5.69 Å². The third-order valence-electron chi connectivity index (χ3n) is 15.2. The van der Waals surface area contributed by atoms with Gasteiger partial charge in [0.2, 0.25) is 23.6 Å². The van der Waals surface area contributed by atoms with Crippen molar-refractivity contribution in [2.24, 2.45) is 0 Å². The first kappa shape index (κ1) is 80.1. The Morgan fingerprint density at radius 2 is 1.12 bits per heavy atom. The molecule has 3 aromatic rings. The lowest BCUT2D eigenvalue weighted by Gasteiger charge is -2.34. The summed E-state index contributed by atoms with van der Waals surface area (Å²) >= 11 is 0. The zero-order chi connectivity index (χ0) is 72.5. The molecule has 2 aliphatic rings. The second-order valence-electron chi connectivity index (χ2n) is 28.5. The fraction of sp³-hybridized carbons (Fsp3) is 0.623. The number of benzene rings is 2. The Bertz CT molecular complexity index is 3130. The SMILES string of the molecule is COC(=O)CC1Nc2ccc(C(=O)N(Cc3ccccc3)Cc3ncc[nH]3)cc2CN(CCCNC(=O)C(CCC(=O)OC(C)(C)C)NC(=O)[C@H](CCC(=O)O)NC(=O)CN2CCN(CC(=O)OC(C)(C)C)CCN(CC(=O)OC(C)(C)C)CCN(CC(=O)OC(C)(C)C)CC2)C1=O. The molecule has 3 atom stereocenters. The number of ether oxygens (including phenoxy) is 5. The van der Waals surface area contributed by atoms with Crippen molar-refractivity contribution >= 4 is 71.0 Å². The molecule has 3 heterocycles. The molecule has 5 rings (SSSR count). The van der Waals surface area contributed by atoms with E-state index in [0.717, 1.165) is 5.56 Å². The van der Waals surface area contributed by atoms with Crippen molar-refractivity contribution in [3.63, 3.8) is 0 Å². The molecular formula is C69H104N12O17. The number of esters is 5. The number of rotatable bonds is 29. The summed E-state index contributed by atoms with van der Waals surface area (Å²) in [5, 5.41) is 21.2. The number of nitrogens with zero attached hydrogens (tertiary/aromatic N) is 7. The van der Waals surface area contributed by atoms with Gasteiger partial charge in [0, 0.05) is 115 Å². The minimum absolute atomic E-state index is 0.00275. The van der Waals surface area contributed by atoms with Gasteiger partial charge in [-0.25, -0.2) is 4.98 Å². The summed E-state index contributed by atoms with van der Waals surface area (Å²) in [5.74, 6) is -6.65. The van der Waals surface area contributed by atoms with Crippen LogP contribution in [0.2, 0.25) is 0 Å². The molecule has 1 aromatic heterocycles. The summed E-state index contributed by atoms with van der Waals surface area (Å²) in [6.07, 6.45) is 1.46. The van der Waals surface area contributed by atoms with E-state index in [1.165, 1.54) is 12.0 Å². The number of anilines is 1. The lowest BCUT2D eigenvalue weighted by Crippen LogP contribution is -2.55. The smallest absolute Gasteiger partial charge is 0.320 e. The fourth-order valence-corrected chi connectivity index (χ4v) is 10.7. The van der Waals surface area contributed by atoms with E-state index in [9.17, 15) is 57.8 Å². The zero-order valence-corrected chi connectivity index (χ0v) is 59.4. The number of aromatic nitrogens is 2. The van der Waals surface area contributed by atoms with Gasteiger partial charge in [0.15, 0.2) is 0 Å². The highest BCUT2D eigenvalue weighted by molar-refractivity contribution is 5.96. The van der Waals surface area contributed by atoms with E-state index < -0.39 is 113 Å². The molecule has 1 saturated heterocycles. The molecule has 542 valence electrons. The van der Waals surface area contributed by atoms with Gasteiger partial charge in [0.25, 0.3) is 5.91 Å². The molecule has 0 saturated carbocycles. The number of hydrogen-bond acceptors (Lipinski definition) is 22. The molecule has 2 unspecified atom stereocenters. The molecule has 0 radical (unpaired) electrons. The molecule has 29 nitrogen and oxygen atoms in total. The van der Waals surface area contributed by atoms with Gasteiger partial charge in [0.05, 0.1) is 46.3 Å². The van der Waals surface area contributed by atoms with E-state index >= 15 is 0 Å². The molecule has 2 aromatic carbocycles. The molecule has 29 heteroatoms. The number of methoxy groups -OCH3 is 1. The lowest BCUT2D eigenvalue weighted by molar-refractivity contribution is -0.158. The fourth-order valence-electron chi connectivity index (χ4n) is 10.7. The molecule has 0 aliphatic carbocycles. The van der Waals surface area contributed by atoms with Crippen molar-refractivity contribution in [3.05, 3.63) is 83.4 Å². The number of nitrogens with one attached hydrogen (secondary N) is 5. The highest BCUT2D eigenvalue weighted by Crippen LogP contribution is 2.28. The Balaban J connectivity index is 1.35. The predicted molar refractivity (Wildman–Crippen MR) is 361 cm³/mol. The number of carbonyl (C=O) groups is 11. The van der Waals surface area contributed by atoms with Crippen LogP contribution in [0.3, 0.4) is 0 Å². The molecule has 6 N–H and O–H groups in total. The van der Waals surface area contributed by atoms with Crippen LogP contribution in [0.1, 0.15) is 149 Å². The summed E-state index contributed by atoms with van der Waals surface area (Å²) in [4.78, 5) is 168. The first-order chi connectivity index (χ1) is 45.9. The number of amides is 5. The normalized spacial score (nSPS) is 16.4. The second-order valence-corrected chi connectivity index (χ2v) is 28.5. The van der Waals surface area contributed by atoms with Gasteiger partial charge >= 0.3 is 35.8 Å². The van der Waals surface area contributed by atoms with Crippen LogP contribution >= 0.6 is 0 Å². The summed E-state index contributed by atoms with van der Waals surface area (Å²) < 4.78 is 27.5. The number of carbonyl (C=O) groups excluding carboxylic acids is 10. The van der Waals surface area contributed by atoms with Crippen molar-refractivity contribution in [1.29, 1.82) is 0 Å². The third kappa shape index (κ3) is 30.5. The molecular weight excluding hydrogens is 1270 g/mol. The quantitative estimate of drug-likeness (QED) is 0.0328. The van der Waals surface area contributed by atoms with Crippen LogP contribution in [0.5, 0.6) is 0 Å². The maximum absolute atomic E-state index is 14.5. The van der Waals surface area contributed by atoms with Crippen molar-refractivity contribution < 1.29 is 81.5 Å². The van der Waals surface area contributed by atoms with Gasteiger partial charge in [-0.3, -0.25) is 72.3 Å². The third-order valence-corrected chi connectivity index (χ3v) is 15.2. The average Bonchev–Trinajstić information content (AvgIpc) is 1.60. The van der Waals surface area contributed by atoms with Gasteiger partial charge in [-0.05, 0) is 132 Å². The lowest BCUT2D eigenvalue weighted by atomic mass is 10.1. The Morgan fingerprint density at radius 3 is 1.61 bits per heavy atom. The molecule has 0 spiro atoms. The van der Waals surface area contributed by atoms with Gasteiger partial charge in [-0.1, -0.05) is 30.3 Å². The van der Waals surface area contributed by atoms with Gasteiger partial charge in [0.1, 0.15) is 46.4 Å². The maximum atomic E-state index is 14.5. The van der Waals surface area contributed by atoms with Gasteiger partial charge in [-0.2, -0.15) is 0 Å². The first-order valence-corrected chi connectivity index (χ1v) is 33.3. The summed E-state index contributed by atoms with van der Waals surface area (Å²) in [6, 6.07) is 10.5. The zero-order valence-electron chi connectivity index (χ0n) is 59.4. The highest BCUT2D eigenvalue weighted by atomic mass is 16.6. The number of carboxylic acid groups (broad SMARTS) is 1. The van der Waals surface area contributed by atoms with Crippen LogP contribution in [0.25, 0.3) is 0 Å². The van der Waals surface area contributed by atoms with Gasteiger partial charge < -0.3 is 64.8 Å². The van der Waals surface area contributed by atoms with Crippen LogP contribution in [0, 0.1) is 0 Å². The number of aliphatic carboxylic acids is 1. The Labute approximate surface area is 575 Å². The standard InChI is InChI=1S/C69H104N12O17/c1-66(2,3)95-57(85)25-23-51(62(90)72-26-17-29-80-41-49-38-48(20-21-50(49)73-53(65(80)93)39-58(86)94-13)64(92)81(42-54-70-27-28-71-54)40-47-18-15-14-16-19-47)75-63(91)52(22-24-56(83)84)74-55(82)43-76-30-32-77(44-59(87)96-67(4,5)6)34-36-79(46-61(89)98-69(10,11)12)37-35-78(33-31-76)45-60(88)97-68(7,8)9/h14-16,18-21,27-28,38,51-53,73H,17,22-26,29-37,39-46H2,1-13H3,(H,70,71)(H,72,90)(H,74,82)(H,75,91)(H,83,84)/t51?,52-,53?/m0/s1. The summed E-state index contributed by atoms with van der Waals surface area (Å²) in [5.41, 5.74) is -0.945. The molecule has 0 bridgehead atoms. The van der Waals surface area contributed by atoms with Crippen molar-refractivity contribution in [1.82, 2.24) is 55.3 Å². The number of carboxylic acids is 1. The maximum Gasteiger partial charge on any atom is 0.320 e. The Morgan fingerprint density at radius 1 is 0.622 bits per heavy atom. The van der Waals surface area contributed by atoms with E-state index in [4.69, 9.17) is 23.7 Å². The number of hydrogen-bond donors (Lipinski definition) is 6. The minimum atomic E-state index is -1.52. The second kappa shape index (κ2) is 37.4. The summed E-state index contributed by atoms with van der Waals surface area (Å²) in [7, 11) is 1.21. The van der Waals surface area contributed by atoms with E-state index in [2.05, 4.69) is 31.2 Å². The predicted octanol–water partition coefficient (Wildman–Crippen LogP) is 3.65. The number of fused-ring (bicyclic) bond motifs is 1.